The van der Waals surface area contributed by atoms with Gasteiger partial charge in [0.15, 0.2) is 5.75 Å². The van der Waals surface area contributed by atoms with Gasteiger partial charge in [-0.2, -0.15) is 0 Å². The molecular weight excluding hydrogens is 579 g/mol. The third-order valence-corrected chi connectivity index (χ3v) is 8.05. The minimum absolute atomic E-state index is 0.218. The van der Waals surface area contributed by atoms with Crippen molar-refractivity contribution in [3.8, 4) is 22.9 Å². The number of rotatable bonds is 10. The highest BCUT2D eigenvalue weighted by molar-refractivity contribution is 6.35. The first-order valence-electron chi connectivity index (χ1n) is 14.3. The molecule has 1 aromatic carbocycles. The summed E-state index contributed by atoms with van der Waals surface area (Å²) in [5.41, 5.74) is 2.47. The first kappa shape index (κ1) is 30.4. The molecule has 0 saturated carbocycles. The first-order valence-corrected chi connectivity index (χ1v) is 15.0. The zero-order valence-corrected chi connectivity index (χ0v) is 25.1. The van der Waals surface area contributed by atoms with Crippen molar-refractivity contribution in [1.29, 1.82) is 0 Å². The lowest BCUT2D eigenvalue weighted by Gasteiger charge is -2.35. The summed E-state index contributed by atoms with van der Waals surface area (Å²) in [4.78, 5) is 31.6. The van der Waals surface area contributed by atoms with E-state index in [1.54, 1.807) is 25.4 Å². The van der Waals surface area contributed by atoms with Gasteiger partial charge in [-0.05, 0) is 68.6 Å². The third kappa shape index (κ3) is 8.52. The first-order chi connectivity index (χ1) is 20.2. The molecule has 42 heavy (non-hydrogen) atoms. The second-order valence-corrected chi connectivity index (χ2v) is 12.0. The summed E-state index contributed by atoms with van der Waals surface area (Å²) in [6.45, 7) is 8.07. The molecule has 3 aromatic rings. The van der Waals surface area contributed by atoms with Crippen LogP contribution in [0.5, 0.6) is 11.6 Å². The number of piperidine rings is 1. The Kier molecular flexibility index (Phi) is 10.1. The number of benzene rings is 1. The summed E-state index contributed by atoms with van der Waals surface area (Å²) < 4.78 is 6.15. The molecule has 10 nitrogen and oxygen atoms in total. The molecule has 0 radical (unpaired) electrons. The highest BCUT2D eigenvalue weighted by Gasteiger charge is 2.23. The van der Waals surface area contributed by atoms with E-state index in [4.69, 9.17) is 38.0 Å². The van der Waals surface area contributed by atoms with Crippen LogP contribution in [-0.4, -0.2) is 92.9 Å². The van der Waals surface area contributed by atoms with Crippen molar-refractivity contribution in [2.24, 2.45) is 5.92 Å². The summed E-state index contributed by atoms with van der Waals surface area (Å²) in [6.07, 6.45) is 4.90. The molecule has 2 N–H and O–H groups in total. The largest absolute Gasteiger partial charge is 0.481 e. The number of piperazine rings is 1. The number of nitrogens with zero attached hydrogens (tertiary/aromatic N) is 6. The van der Waals surface area contributed by atoms with E-state index in [9.17, 15) is 9.90 Å². The number of likely N-dealkylation sites (tertiary alicyclic amines) is 1. The fourth-order valence-electron chi connectivity index (χ4n) is 5.56. The van der Waals surface area contributed by atoms with E-state index in [0.29, 0.717) is 46.4 Å². The molecular formula is C30H36Cl2N6O4. The number of β-amino-alcohol motifs (C(OH)–C–C–N with tert-alkyl or cyclic N) is 1. The van der Waals surface area contributed by atoms with Crippen molar-refractivity contribution in [1.82, 2.24) is 24.8 Å². The number of anilines is 1. The lowest BCUT2D eigenvalue weighted by molar-refractivity contribution is -0.138. The van der Waals surface area contributed by atoms with Gasteiger partial charge in [-0.3, -0.25) is 14.6 Å². The fourth-order valence-corrected chi connectivity index (χ4v) is 6.08. The van der Waals surface area contributed by atoms with Crippen LogP contribution >= 0.6 is 23.2 Å². The quantitative estimate of drug-likeness (QED) is 0.329. The Balaban J connectivity index is 1.30. The van der Waals surface area contributed by atoms with Gasteiger partial charge in [0.05, 0.1) is 24.2 Å². The summed E-state index contributed by atoms with van der Waals surface area (Å²) in [5.74, 6) is 1.00. The molecule has 12 heteroatoms. The molecule has 0 spiro atoms. The third-order valence-electron chi connectivity index (χ3n) is 7.61. The van der Waals surface area contributed by atoms with Gasteiger partial charge in [0, 0.05) is 67.4 Å². The summed E-state index contributed by atoms with van der Waals surface area (Å²) >= 11 is 12.6. The zero-order chi connectivity index (χ0) is 29.6. The van der Waals surface area contributed by atoms with Crippen LogP contribution in [0.4, 0.5) is 5.95 Å². The molecule has 224 valence electrons. The van der Waals surface area contributed by atoms with Crippen LogP contribution in [0.25, 0.3) is 11.3 Å². The number of carboxylic acids is 1. The number of hydrogen-bond acceptors (Lipinski definition) is 9. The molecule has 0 bridgehead atoms. The van der Waals surface area contributed by atoms with Gasteiger partial charge in [0.2, 0.25) is 11.8 Å². The van der Waals surface area contributed by atoms with Gasteiger partial charge >= 0.3 is 5.97 Å². The van der Waals surface area contributed by atoms with E-state index in [-0.39, 0.29) is 18.4 Å². The topological polar surface area (TPSA) is 115 Å². The summed E-state index contributed by atoms with van der Waals surface area (Å²) in [5, 5.41) is 19.8. The molecule has 1 atom stereocenters. The van der Waals surface area contributed by atoms with Gasteiger partial charge in [0.25, 0.3) is 0 Å². The number of carboxylic acid groups (broad SMARTS) is 1. The number of aliphatic hydroxyl groups is 1. The SMILES string of the molecule is C[C@@H](O)CN1CCN(c2ncc(Oc3cc(CN4CCC(CC(=O)O)CC4)cc(-c4cc(Cl)cc(Cl)c4)n3)cn2)CC1. The van der Waals surface area contributed by atoms with Gasteiger partial charge < -0.3 is 19.8 Å². The van der Waals surface area contributed by atoms with Crippen LogP contribution in [0.3, 0.4) is 0 Å². The van der Waals surface area contributed by atoms with Crippen LogP contribution in [0.2, 0.25) is 10.0 Å². The Bertz CT molecular complexity index is 1340. The molecule has 2 aromatic heterocycles. The normalized spacial score (nSPS) is 17.8. The molecule has 2 aliphatic rings. The van der Waals surface area contributed by atoms with Crippen molar-refractivity contribution in [2.75, 3.05) is 50.7 Å². The van der Waals surface area contributed by atoms with E-state index in [1.165, 1.54) is 0 Å². The fraction of sp³-hybridized carbons (Fsp3) is 0.467. The lowest BCUT2D eigenvalue weighted by atomic mass is 9.93. The Morgan fingerprint density at radius 1 is 0.976 bits per heavy atom. The average molecular weight is 616 g/mol. The summed E-state index contributed by atoms with van der Waals surface area (Å²) in [7, 11) is 0. The minimum Gasteiger partial charge on any atom is -0.481 e. The van der Waals surface area contributed by atoms with E-state index >= 15 is 0 Å². The number of halogens is 2. The number of pyridine rings is 1. The highest BCUT2D eigenvalue weighted by Crippen LogP contribution is 2.31. The minimum atomic E-state index is -0.735. The maximum absolute atomic E-state index is 11.1. The van der Waals surface area contributed by atoms with Crippen molar-refractivity contribution >= 4 is 35.1 Å². The number of hydrogen-bond donors (Lipinski definition) is 2. The van der Waals surface area contributed by atoms with Crippen molar-refractivity contribution in [3.63, 3.8) is 0 Å². The number of aliphatic hydroxyl groups excluding tert-OH is 1. The van der Waals surface area contributed by atoms with Gasteiger partial charge in [-0.15, -0.1) is 0 Å². The number of aliphatic carboxylic acids is 1. The van der Waals surface area contributed by atoms with E-state index < -0.39 is 5.97 Å². The molecule has 0 amide bonds. The highest BCUT2D eigenvalue weighted by atomic mass is 35.5. The van der Waals surface area contributed by atoms with Crippen LogP contribution in [0.1, 0.15) is 31.7 Å². The standard InChI is InChI=1S/C30H36Cl2N6O4/c1-20(39)18-37-6-8-38(9-7-37)30-33-16-26(17-34-30)42-28-11-22(19-36-4-2-21(3-5-36)12-29(40)41)10-27(35-28)23-13-24(31)15-25(32)14-23/h10-11,13-17,20-21,39H,2-9,12,18-19H2,1H3,(H,40,41)/t20-/m1/s1. The second-order valence-electron chi connectivity index (χ2n) is 11.1. The molecule has 2 aliphatic heterocycles. The Morgan fingerprint density at radius 2 is 1.64 bits per heavy atom. The molecule has 2 saturated heterocycles. The predicted octanol–water partition coefficient (Wildman–Crippen LogP) is 4.83. The summed E-state index contributed by atoms with van der Waals surface area (Å²) in [6, 6.07) is 9.24. The molecule has 4 heterocycles. The smallest absolute Gasteiger partial charge is 0.303 e. The van der Waals surface area contributed by atoms with Crippen LogP contribution in [-0.2, 0) is 11.3 Å². The zero-order valence-electron chi connectivity index (χ0n) is 23.6. The van der Waals surface area contributed by atoms with Crippen molar-refractivity contribution < 1.29 is 19.7 Å². The predicted molar refractivity (Wildman–Crippen MR) is 162 cm³/mol. The van der Waals surface area contributed by atoms with Crippen LogP contribution in [0, 0.1) is 5.92 Å². The second kappa shape index (κ2) is 14.0. The number of aromatic nitrogens is 3. The lowest BCUT2D eigenvalue weighted by Crippen LogP contribution is -2.48. The number of carbonyl (C=O) groups is 1. The van der Waals surface area contributed by atoms with Crippen LogP contribution < -0.4 is 9.64 Å². The van der Waals surface area contributed by atoms with Crippen molar-refractivity contribution in [3.05, 3.63) is 58.3 Å². The van der Waals surface area contributed by atoms with E-state index in [1.807, 2.05) is 24.3 Å². The molecule has 0 aliphatic carbocycles. The molecule has 5 rings (SSSR count). The Hall–Kier alpha value is -3.02. The van der Waals surface area contributed by atoms with E-state index in [0.717, 1.165) is 63.2 Å². The van der Waals surface area contributed by atoms with Crippen LogP contribution in [0.15, 0.2) is 42.7 Å². The van der Waals surface area contributed by atoms with Gasteiger partial charge in [0.1, 0.15) is 0 Å². The average Bonchev–Trinajstić information content (AvgIpc) is 2.94. The van der Waals surface area contributed by atoms with Crippen molar-refractivity contribution in [2.45, 2.75) is 38.8 Å². The van der Waals surface area contributed by atoms with Gasteiger partial charge in [-0.1, -0.05) is 23.2 Å². The monoisotopic (exact) mass is 614 g/mol. The van der Waals surface area contributed by atoms with E-state index in [2.05, 4.69) is 24.7 Å². The Labute approximate surface area is 255 Å². The van der Waals surface area contributed by atoms with Gasteiger partial charge in [-0.25, -0.2) is 15.0 Å². The molecule has 0 unspecified atom stereocenters. The maximum atomic E-state index is 11.1. The number of ether oxygens (including phenoxy) is 1. The maximum Gasteiger partial charge on any atom is 0.303 e. The molecule has 2 fully saturated rings. The Morgan fingerprint density at radius 3 is 2.26 bits per heavy atom.